The van der Waals surface area contributed by atoms with Crippen LogP contribution in [0.3, 0.4) is 0 Å². The number of fused-ring (bicyclic) bond motifs is 1. The molecule has 0 amide bonds. The molecule has 0 aliphatic rings. The minimum Gasteiger partial charge on any atom is -0.374 e. The van der Waals surface area contributed by atoms with Gasteiger partial charge in [0, 0.05) is 22.5 Å². The molecule has 0 unspecified atom stereocenters. The number of nitrogens with two attached hydrogens (primary N) is 1. The minimum atomic E-state index is -0.419. The molecule has 7 nitrogen and oxygen atoms in total. The van der Waals surface area contributed by atoms with Crippen LogP contribution in [0, 0.1) is 17.0 Å². The van der Waals surface area contributed by atoms with Gasteiger partial charge in [-0.2, -0.15) is 9.36 Å². The number of aromatic nitrogens is 3. The highest BCUT2D eigenvalue weighted by Crippen LogP contribution is 2.29. The van der Waals surface area contributed by atoms with Gasteiger partial charge in [-0.15, -0.1) is 0 Å². The fourth-order valence-electron chi connectivity index (χ4n) is 1.97. The SMILES string of the molecule is Cc1ccc2ccc(-c3nsc(N)n3)nc2c1[N+](=O)[O-]. The maximum Gasteiger partial charge on any atom is 0.298 e. The van der Waals surface area contributed by atoms with Crippen LogP contribution < -0.4 is 5.73 Å². The van der Waals surface area contributed by atoms with Gasteiger partial charge in [0.05, 0.1) is 4.92 Å². The van der Waals surface area contributed by atoms with E-state index in [0.29, 0.717) is 33.1 Å². The molecule has 0 aliphatic carbocycles. The Morgan fingerprint density at radius 1 is 1.25 bits per heavy atom. The van der Waals surface area contributed by atoms with E-state index in [4.69, 9.17) is 5.73 Å². The number of pyridine rings is 1. The van der Waals surface area contributed by atoms with Crippen molar-refractivity contribution in [2.75, 3.05) is 5.73 Å². The molecule has 0 radical (unpaired) electrons. The summed E-state index contributed by atoms with van der Waals surface area (Å²) < 4.78 is 4.06. The molecule has 0 atom stereocenters. The fraction of sp³-hybridized carbons (Fsp3) is 0.0833. The third-order valence-corrected chi connectivity index (χ3v) is 3.43. The molecular formula is C12H9N5O2S. The molecule has 8 heteroatoms. The van der Waals surface area contributed by atoms with E-state index in [2.05, 4.69) is 14.3 Å². The first kappa shape index (κ1) is 12.4. The van der Waals surface area contributed by atoms with E-state index in [9.17, 15) is 10.1 Å². The molecule has 3 aromatic rings. The summed E-state index contributed by atoms with van der Waals surface area (Å²) in [5, 5.41) is 12.2. The van der Waals surface area contributed by atoms with Gasteiger partial charge < -0.3 is 5.73 Å². The summed E-state index contributed by atoms with van der Waals surface area (Å²) in [6.45, 7) is 1.69. The lowest BCUT2D eigenvalue weighted by Crippen LogP contribution is -1.96. The van der Waals surface area contributed by atoms with Gasteiger partial charge in [0.25, 0.3) is 5.69 Å². The van der Waals surface area contributed by atoms with Crippen molar-refractivity contribution >= 4 is 33.3 Å². The first-order valence-corrected chi connectivity index (χ1v) is 6.48. The van der Waals surface area contributed by atoms with Crippen molar-refractivity contribution < 1.29 is 4.92 Å². The van der Waals surface area contributed by atoms with Crippen LogP contribution in [0.2, 0.25) is 0 Å². The quantitative estimate of drug-likeness (QED) is 0.573. The average molecular weight is 287 g/mol. The Kier molecular flexibility index (Phi) is 2.79. The Hall–Kier alpha value is -2.61. The zero-order valence-electron chi connectivity index (χ0n) is 10.4. The second-order valence-corrected chi connectivity index (χ2v) is 5.00. The number of benzene rings is 1. The van der Waals surface area contributed by atoms with Crippen molar-refractivity contribution in [3.8, 4) is 11.5 Å². The summed E-state index contributed by atoms with van der Waals surface area (Å²) >= 11 is 1.06. The highest BCUT2D eigenvalue weighted by Gasteiger charge is 2.18. The van der Waals surface area contributed by atoms with Crippen LogP contribution in [0.25, 0.3) is 22.4 Å². The van der Waals surface area contributed by atoms with Crippen molar-refractivity contribution in [1.82, 2.24) is 14.3 Å². The van der Waals surface area contributed by atoms with Gasteiger partial charge in [-0.05, 0) is 13.0 Å². The number of nitrogen functional groups attached to an aromatic ring is 1. The Labute approximate surface area is 117 Å². The second kappa shape index (κ2) is 4.49. The van der Waals surface area contributed by atoms with E-state index < -0.39 is 4.92 Å². The Balaban J connectivity index is 2.29. The summed E-state index contributed by atoms with van der Waals surface area (Å²) in [5.41, 5.74) is 6.92. The third-order valence-electron chi connectivity index (χ3n) is 2.89. The number of nitro groups is 1. The van der Waals surface area contributed by atoms with Crippen molar-refractivity contribution in [1.29, 1.82) is 0 Å². The topological polar surface area (TPSA) is 108 Å². The Morgan fingerprint density at radius 3 is 2.65 bits per heavy atom. The zero-order valence-corrected chi connectivity index (χ0v) is 11.2. The van der Waals surface area contributed by atoms with Gasteiger partial charge >= 0.3 is 0 Å². The summed E-state index contributed by atoms with van der Waals surface area (Å²) in [5.74, 6) is 0.380. The third kappa shape index (κ3) is 1.95. The van der Waals surface area contributed by atoms with E-state index in [-0.39, 0.29) is 5.69 Å². The molecule has 0 saturated carbocycles. The lowest BCUT2D eigenvalue weighted by molar-refractivity contribution is -0.383. The standard InChI is InChI=1S/C12H9N5O2S/c1-6-2-3-7-4-5-8(11-15-12(13)20-16-11)14-9(7)10(6)17(18)19/h2-5H,1H3,(H2,13,15,16). The van der Waals surface area contributed by atoms with E-state index in [1.165, 1.54) is 0 Å². The predicted molar refractivity (Wildman–Crippen MR) is 76.4 cm³/mol. The lowest BCUT2D eigenvalue weighted by atomic mass is 10.1. The molecule has 0 spiro atoms. The summed E-state index contributed by atoms with van der Waals surface area (Å²) in [4.78, 5) is 19.1. The highest BCUT2D eigenvalue weighted by atomic mass is 32.1. The largest absolute Gasteiger partial charge is 0.374 e. The van der Waals surface area contributed by atoms with Crippen LogP contribution in [0.5, 0.6) is 0 Å². The number of hydrogen-bond donors (Lipinski definition) is 1. The first-order valence-electron chi connectivity index (χ1n) is 5.70. The van der Waals surface area contributed by atoms with Crippen LogP contribution in [0.4, 0.5) is 10.8 Å². The van der Waals surface area contributed by atoms with E-state index in [1.54, 1.807) is 31.2 Å². The zero-order chi connectivity index (χ0) is 14.3. The summed E-state index contributed by atoms with van der Waals surface area (Å²) in [7, 11) is 0. The number of anilines is 1. The van der Waals surface area contributed by atoms with Crippen molar-refractivity contribution in [3.05, 3.63) is 39.9 Å². The van der Waals surface area contributed by atoms with Gasteiger partial charge in [0.2, 0.25) is 0 Å². The average Bonchev–Trinajstić information content (AvgIpc) is 2.84. The number of rotatable bonds is 2. The van der Waals surface area contributed by atoms with Gasteiger partial charge in [-0.3, -0.25) is 10.1 Å². The molecule has 0 fully saturated rings. The molecule has 2 aromatic heterocycles. The van der Waals surface area contributed by atoms with E-state index >= 15 is 0 Å². The molecule has 100 valence electrons. The first-order chi connectivity index (χ1) is 9.56. The van der Waals surface area contributed by atoms with E-state index in [1.807, 2.05) is 0 Å². The molecular weight excluding hydrogens is 278 g/mol. The van der Waals surface area contributed by atoms with Gasteiger partial charge in [0.15, 0.2) is 11.0 Å². The number of nitrogens with zero attached hydrogens (tertiary/aromatic N) is 4. The summed E-state index contributed by atoms with van der Waals surface area (Å²) in [6.07, 6.45) is 0. The molecule has 0 bridgehead atoms. The van der Waals surface area contributed by atoms with Crippen LogP contribution >= 0.6 is 11.5 Å². The van der Waals surface area contributed by atoms with Crippen molar-refractivity contribution in [2.45, 2.75) is 6.92 Å². The van der Waals surface area contributed by atoms with Crippen LogP contribution in [-0.2, 0) is 0 Å². The second-order valence-electron chi connectivity index (χ2n) is 4.21. The Morgan fingerprint density at radius 2 is 2.00 bits per heavy atom. The highest BCUT2D eigenvalue weighted by molar-refractivity contribution is 7.09. The van der Waals surface area contributed by atoms with Crippen molar-refractivity contribution in [2.24, 2.45) is 0 Å². The van der Waals surface area contributed by atoms with Crippen LogP contribution in [0.15, 0.2) is 24.3 Å². The number of aryl methyl sites for hydroxylation is 1. The lowest BCUT2D eigenvalue weighted by Gasteiger charge is -2.03. The molecule has 1 aromatic carbocycles. The summed E-state index contributed by atoms with van der Waals surface area (Å²) in [6, 6.07) is 7.00. The normalized spacial score (nSPS) is 10.8. The maximum atomic E-state index is 11.2. The van der Waals surface area contributed by atoms with Gasteiger partial charge in [-0.1, -0.05) is 18.2 Å². The maximum absolute atomic E-state index is 11.2. The number of hydrogen-bond acceptors (Lipinski definition) is 7. The fourth-order valence-corrected chi connectivity index (χ4v) is 2.41. The smallest absolute Gasteiger partial charge is 0.298 e. The van der Waals surface area contributed by atoms with Crippen LogP contribution in [0.1, 0.15) is 5.56 Å². The molecule has 20 heavy (non-hydrogen) atoms. The molecule has 3 rings (SSSR count). The van der Waals surface area contributed by atoms with Gasteiger partial charge in [-0.25, -0.2) is 4.98 Å². The monoisotopic (exact) mass is 287 g/mol. The predicted octanol–water partition coefficient (Wildman–Crippen LogP) is 2.55. The Bertz CT molecular complexity index is 830. The molecule has 0 aliphatic heterocycles. The van der Waals surface area contributed by atoms with Crippen molar-refractivity contribution in [3.63, 3.8) is 0 Å². The van der Waals surface area contributed by atoms with Crippen LogP contribution in [-0.4, -0.2) is 19.3 Å². The molecule has 2 N–H and O–H groups in total. The molecule has 0 saturated heterocycles. The number of nitro benzene ring substituents is 1. The minimum absolute atomic E-state index is 0.00699. The van der Waals surface area contributed by atoms with E-state index in [0.717, 1.165) is 11.5 Å². The van der Waals surface area contributed by atoms with Gasteiger partial charge in [0.1, 0.15) is 11.2 Å². The molecule has 2 heterocycles.